The fourth-order valence-electron chi connectivity index (χ4n) is 7.57. The fourth-order valence-corrected chi connectivity index (χ4v) is 7.57. The van der Waals surface area contributed by atoms with Crippen LogP contribution in [0, 0.1) is 34.0 Å². The highest BCUT2D eigenvalue weighted by molar-refractivity contribution is 5.68. The van der Waals surface area contributed by atoms with Crippen LogP contribution in [0.5, 0.6) is 0 Å². The van der Waals surface area contributed by atoms with Crippen LogP contribution in [0.15, 0.2) is 12.2 Å². The van der Waals surface area contributed by atoms with E-state index in [0.29, 0.717) is 11.8 Å². The third-order valence-corrected chi connectivity index (χ3v) is 8.76. The third kappa shape index (κ3) is 3.13. The normalized spacial score (nSPS) is 43.4. The van der Waals surface area contributed by atoms with Crippen molar-refractivity contribution >= 4 is 11.9 Å². The molecule has 27 heavy (non-hydrogen) atoms. The number of carboxylic acid groups (broad SMARTS) is 1. The number of rotatable bonds is 3. The summed E-state index contributed by atoms with van der Waals surface area (Å²) in [5, 5.41) is 9.50. The van der Waals surface area contributed by atoms with E-state index in [1.54, 1.807) is 0 Å². The number of carbonyl (C=O) groups excluding carboxylic acids is 1. The van der Waals surface area contributed by atoms with E-state index < -0.39 is 5.97 Å². The number of allylic oxidation sites excluding steroid dienone is 1. The Hall–Kier alpha value is -1.32. The Kier molecular flexibility index (Phi) is 5.01. The first-order valence-electron chi connectivity index (χ1n) is 10.5. The molecule has 3 rings (SSSR count). The lowest BCUT2D eigenvalue weighted by molar-refractivity contribution is -0.201. The van der Waals surface area contributed by atoms with Crippen molar-refractivity contribution in [2.75, 3.05) is 0 Å². The predicted molar refractivity (Wildman–Crippen MR) is 105 cm³/mol. The second kappa shape index (κ2) is 6.63. The van der Waals surface area contributed by atoms with E-state index in [9.17, 15) is 14.7 Å². The summed E-state index contributed by atoms with van der Waals surface area (Å²) in [5.74, 6) is 0.150. The summed E-state index contributed by atoms with van der Waals surface area (Å²) in [6.07, 6.45) is 6.27. The Labute approximate surface area is 163 Å². The van der Waals surface area contributed by atoms with Crippen molar-refractivity contribution < 1.29 is 19.4 Å². The van der Waals surface area contributed by atoms with Gasteiger partial charge in [-0.2, -0.15) is 0 Å². The maximum Gasteiger partial charge on any atom is 0.303 e. The lowest BCUT2D eigenvalue weighted by Gasteiger charge is -2.66. The van der Waals surface area contributed by atoms with Gasteiger partial charge >= 0.3 is 11.9 Å². The number of esters is 1. The van der Waals surface area contributed by atoms with Crippen LogP contribution < -0.4 is 0 Å². The molecule has 0 amide bonds. The van der Waals surface area contributed by atoms with Gasteiger partial charge in [-0.3, -0.25) is 9.59 Å². The Balaban J connectivity index is 1.95. The van der Waals surface area contributed by atoms with E-state index in [0.717, 1.165) is 44.1 Å². The molecule has 4 heteroatoms. The van der Waals surface area contributed by atoms with Crippen LogP contribution in [0.3, 0.4) is 0 Å². The second-order valence-corrected chi connectivity index (χ2v) is 10.5. The molecule has 0 aromatic rings. The lowest BCUT2D eigenvalue weighted by Crippen LogP contribution is -2.61. The molecule has 0 heterocycles. The van der Waals surface area contributed by atoms with Crippen LogP contribution in [0.25, 0.3) is 0 Å². The molecule has 0 aromatic heterocycles. The van der Waals surface area contributed by atoms with Crippen molar-refractivity contribution in [3.8, 4) is 0 Å². The number of aliphatic carboxylic acids is 1. The Morgan fingerprint density at radius 2 is 1.70 bits per heavy atom. The highest BCUT2D eigenvalue weighted by Gasteiger charge is 2.63. The number of fused-ring (bicyclic) bond motifs is 3. The molecule has 3 saturated carbocycles. The minimum atomic E-state index is -0.714. The van der Waals surface area contributed by atoms with Gasteiger partial charge in [-0.15, -0.1) is 0 Å². The van der Waals surface area contributed by atoms with Crippen LogP contribution in [-0.2, 0) is 14.3 Å². The van der Waals surface area contributed by atoms with Gasteiger partial charge in [0.2, 0.25) is 0 Å². The van der Waals surface area contributed by atoms with Crippen molar-refractivity contribution in [3.05, 3.63) is 12.2 Å². The van der Waals surface area contributed by atoms with Gasteiger partial charge in [0, 0.05) is 12.3 Å². The van der Waals surface area contributed by atoms with Crippen LogP contribution in [0.2, 0.25) is 0 Å². The summed E-state index contributed by atoms with van der Waals surface area (Å²) in [6.45, 7) is 15.1. The molecule has 0 saturated heterocycles. The molecule has 0 spiro atoms. The number of carboxylic acids is 1. The van der Waals surface area contributed by atoms with Crippen molar-refractivity contribution in [2.24, 2.45) is 34.0 Å². The molecule has 3 aliphatic carbocycles. The SMILES string of the molecule is C=C1CCC2C(C)(CCC3C(C)(C)C(OC(C)=O)CCC32C)C1CC(=O)O. The summed E-state index contributed by atoms with van der Waals surface area (Å²) in [5.41, 5.74) is 1.23. The molecule has 152 valence electrons. The van der Waals surface area contributed by atoms with Gasteiger partial charge < -0.3 is 9.84 Å². The number of hydrogen-bond donors (Lipinski definition) is 1. The maximum atomic E-state index is 11.6. The van der Waals surface area contributed by atoms with E-state index in [-0.39, 0.29) is 40.7 Å². The van der Waals surface area contributed by atoms with Gasteiger partial charge in [0.25, 0.3) is 0 Å². The summed E-state index contributed by atoms with van der Waals surface area (Å²) in [4.78, 5) is 23.2. The van der Waals surface area contributed by atoms with Crippen molar-refractivity contribution in [1.82, 2.24) is 0 Å². The smallest absolute Gasteiger partial charge is 0.303 e. The van der Waals surface area contributed by atoms with Gasteiger partial charge in [-0.1, -0.05) is 39.8 Å². The fraction of sp³-hybridized carbons (Fsp3) is 0.826. The molecular formula is C23H36O4. The van der Waals surface area contributed by atoms with Gasteiger partial charge in [0.1, 0.15) is 6.10 Å². The number of hydrogen-bond acceptors (Lipinski definition) is 3. The van der Waals surface area contributed by atoms with Gasteiger partial charge in [-0.05, 0) is 67.1 Å². The summed E-state index contributed by atoms with van der Waals surface area (Å²) in [7, 11) is 0. The maximum absolute atomic E-state index is 11.6. The molecule has 6 atom stereocenters. The molecule has 0 radical (unpaired) electrons. The van der Waals surface area contributed by atoms with Crippen LogP contribution in [-0.4, -0.2) is 23.1 Å². The zero-order valence-electron chi connectivity index (χ0n) is 17.6. The Bertz CT molecular complexity index is 651. The van der Waals surface area contributed by atoms with Crippen molar-refractivity contribution in [3.63, 3.8) is 0 Å². The highest BCUT2D eigenvalue weighted by Crippen LogP contribution is 2.69. The van der Waals surface area contributed by atoms with Gasteiger partial charge in [0.15, 0.2) is 0 Å². The molecule has 3 fully saturated rings. The topological polar surface area (TPSA) is 63.6 Å². The first-order valence-corrected chi connectivity index (χ1v) is 10.5. The summed E-state index contributed by atoms with van der Waals surface area (Å²) < 4.78 is 5.72. The van der Waals surface area contributed by atoms with E-state index in [2.05, 4.69) is 34.3 Å². The van der Waals surface area contributed by atoms with E-state index >= 15 is 0 Å². The molecular weight excluding hydrogens is 340 g/mol. The molecule has 0 aromatic carbocycles. The van der Waals surface area contributed by atoms with Crippen molar-refractivity contribution in [2.45, 2.75) is 85.7 Å². The van der Waals surface area contributed by atoms with E-state index in [4.69, 9.17) is 4.74 Å². The average molecular weight is 377 g/mol. The van der Waals surface area contributed by atoms with Gasteiger partial charge in [-0.25, -0.2) is 0 Å². The first-order chi connectivity index (χ1) is 12.4. The van der Waals surface area contributed by atoms with Crippen LogP contribution in [0.4, 0.5) is 0 Å². The van der Waals surface area contributed by atoms with E-state index in [1.807, 2.05) is 0 Å². The van der Waals surface area contributed by atoms with Crippen molar-refractivity contribution in [1.29, 1.82) is 0 Å². The first kappa shape index (κ1) is 20.4. The molecule has 6 unspecified atom stereocenters. The largest absolute Gasteiger partial charge is 0.481 e. The number of carbonyl (C=O) groups is 2. The molecule has 3 aliphatic rings. The standard InChI is InChI=1S/C23H36O4/c1-14-7-8-18-22(5,16(14)13-20(25)26)11-9-17-21(3,4)19(27-15(2)24)10-12-23(17,18)6/h16-19H,1,7-13H2,2-6H3,(H,25,26). The molecule has 4 nitrogen and oxygen atoms in total. The monoisotopic (exact) mass is 376 g/mol. The third-order valence-electron chi connectivity index (χ3n) is 8.76. The Morgan fingerprint density at radius 1 is 1.07 bits per heavy atom. The summed E-state index contributed by atoms with van der Waals surface area (Å²) >= 11 is 0. The van der Waals surface area contributed by atoms with Crippen LogP contribution >= 0.6 is 0 Å². The zero-order chi connectivity index (χ0) is 20.2. The summed E-state index contributed by atoms with van der Waals surface area (Å²) in [6, 6.07) is 0. The lowest BCUT2D eigenvalue weighted by atomic mass is 9.38. The minimum absolute atomic E-state index is 0.00330. The quantitative estimate of drug-likeness (QED) is 0.542. The Morgan fingerprint density at radius 3 is 2.30 bits per heavy atom. The minimum Gasteiger partial charge on any atom is -0.481 e. The zero-order valence-corrected chi connectivity index (χ0v) is 17.6. The second-order valence-electron chi connectivity index (χ2n) is 10.5. The molecule has 0 aliphatic heterocycles. The average Bonchev–Trinajstić information content (AvgIpc) is 2.53. The van der Waals surface area contributed by atoms with Crippen LogP contribution in [0.1, 0.15) is 79.6 Å². The van der Waals surface area contributed by atoms with E-state index in [1.165, 1.54) is 6.92 Å². The molecule has 1 N–H and O–H groups in total. The number of ether oxygens (including phenoxy) is 1. The molecule has 0 bridgehead atoms. The highest BCUT2D eigenvalue weighted by atomic mass is 16.5. The van der Waals surface area contributed by atoms with Gasteiger partial charge in [0.05, 0.1) is 6.42 Å². The predicted octanol–water partition coefficient (Wildman–Crippen LogP) is 5.22.